The van der Waals surface area contributed by atoms with Crippen molar-refractivity contribution in [1.29, 1.82) is 0 Å². The van der Waals surface area contributed by atoms with Crippen LogP contribution in [0.5, 0.6) is 0 Å². The van der Waals surface area contributed by atoms with Crippen LogP contribution in [0.2, 0.25) is 0 Å². The Bertz CT molecular complexity index is 861. The molecule has 2 N–H and O–H groups in total. The molecule has 2 aromatic carbocycles. The van der Waals surface area contributed by atoms with Crippen LogP contribution < -0.4 is 10.6 Å². The van der Waals surface area contributed by atoms with Crippen molar-refractivity contribution < 1.29 is 4.79 Å². The molecule has 28 heavy (non-hydrogen) atoms. The minimum absolute atomic E-state index is 0.00746. The first-order chi connectivity index (χ1) is 13.6. The Morgan fingerprint density at radius 1 is 1.21 bits per heavy atom. The summed E-state index contributed by atoms with van der Waals surface area (Å²) in [7, 11) is 0. The quantitative estimate of drug-likeness (QED) is 0.832. The Labute approximate surface area is 167 Å². The molecule has 0 saturated carbocycles. The van der Waals surface area contributed by atoms with Gasteiger partial charge in [0.1, 0.15) is 6.04 Å². The fraction of sp³-hybridized carbons (Fsp3) is 0.417. The van der Waals surface area contributed by atoms with Gasteiger partial charge < -0.3 is 10.6 Å². The molecule has 0 spiro atoms. The van der Waals surface area contributed by atoms with Gasteiger partial charge in [-0.15, -0.1) is 0 Å². The standard InChI is InChI=1S/C24H29N3O/c1-16-8-6-12-19-15-21(26-22(16)19)24(28)27-20(14-18-10-4-3-5-11-18)23-17(2)9-7-13-25-23/h3-6,8,10-13,17,20-21,23,26H,7,9,14-15H2,1-2H3,(H,27,28). The first kappa shape index (κ1) is 18.7. The second-order valence-corrected chi connectivity index (χ2v) is 8.19. The number of hydrogen-bond acceptors (Lipinski definition) is 3. The van der Waals surface area contributed by atoms with Crippen molar-refractivity contribution in [2.24, 2.45) is 10.9 Å². The van der Waals surface area contributed by atoms with E-state index < -0.39 is 0 Å². The molecular weight excluding hydrogens is 346 g/mol. The summed E-state index contributed by atoms with van der Waals surface area (Å²) >= 11 is 0. The van der Waals surface area contributed by atoms with Gasteiger partial charge in [0.2, 0.25) is 5.91 Å². The van der Waals surface area contributed by atoms with E-state index in [9.17, 15) is 4.79 Å². The van der Waals surface area contributed by atoms with Crippen molar-refractivity contribution >= 4 is 17.8 Å². The zero-order valence-electron chi connectivity index (χ0n) is 16.7. The summed E-state index contributed by atoms with van der Waals surface area (Å²) in [5, 5.41) is 6.78. The first-order valence-corrected chi connectivity index (χ1v) is 10.3. The highest BCUT2D eigenvalue weighted by atomic mass is 16.2. The molecule has 0 bridgehead atoms. The number of rotatable bonds is 5. The van der Waals surface area contributed by atoms with Crippen LogP contribution in [0.1, 0.15) is 36.5 Å². The SMILES string of the molecule is Cc1cccc2c1NC(C(=O)NC(Cc1ccccc1)C1N=CCCC1C)C2. The molecule has 1 amide bonds. The number of aliphatic imine (C=N–C) groups is 1. The number of benzene rings is 2. The third-order valence-electron chi connectivity index (χ3n) is 6.07. The van der Waals surface area contributed by atoms with E-state index in [2.05, 4.69) is 66.9 Å². The second-order valence-electron chi connectivity index (χ2n) is 8.19. The van der Waals surface area contributed by atoms with E-state index in [4.69, 9.17) is 4.99 Å². The van der Waals surface area contributed by atoms with E-state index in [-0.39, 0.29) is 24.0 Å². The van der Waals surface area contributed by atoms with Gasteiger partial charge in [-0.25, -0.2) is 0 Å². The minimum atomic E-state index is -0.211. The van der Waals surface area contributed by atoms with E-state index in [1.807, 2.05) is 12.3 Å². The molecule has 2 aromatic rings. The maximum atomic E-state index is 13.1. The lowest BCUT2D eigenvalue weighted by Gasteiger charge is -2.32. The zero-order chi connectivity index (χ0) is 19.5. The number of anilines is 1. The molecule has 4 unspecified atom stereocenters. The maximum absolute atomic E-state index is 13.1. The predicted molar refractivity (Wildman–Crippen MR) is 115 cm³/mol. The van der Waals surface area contributed by atoms with Gasteiger partial charge in [-0.3, -0.25) is 9.79 Å². The average molecular weight is 376 g/mol. The lowest BCUT2D eigenvalue weighted by molar-refractivity contribution is -0.122. The second kappa shape index (κ2) is 8.17. The Morgan fingerprint density at radius 3 is 2.79 bits per heavy atom. The van der Waals surface area contributed by atoms with Crippen molar-refractivity contribution in [3.05, 3.63) is 65.2 Å². The van der Waals surface area contributed by atoms with Crippen LogP contribution in [0.4, 0.5) is 5.69 Å². The van der Waals surface area contributed by atoms with Crippen LogP contribution in [0.25, 0.3) is 0 Å². The van der Waals surface area contributed by atoms with Gasteiger partial charge in [-0.05, 0) is 55.0 Å². The minimum Gasteiger partial charge on any atom is -0.373 e. The normalized spacial score (nSPS) is 24.3. The number of fused-ring (bicyclic) bond motifs is 1. The molecule has 0 aliphatic carbocycles. The Kier molecular flexibility index (Phi) is 5.47. The summed E-state index contributed by atoms with van der Waals surface area (Å²) in [4.78, 5) is 17.9. The van der Waals surface area contributed by atoms with Crippen molar-refractivity contribution in [3.8, 4) is 0 Å². The average Bonchev–Trinajstić information content (AvgIpc) is 3.15. The number of amides is 1. The number of nitrogens with one attached hydrogen (secondary N) is 2. The Hall–Kier alpha value is -2.62. The van der Waals surface area contributed by atoms with Gasteiger partial charge in [-0.1, -0.05) is 55.5 Å². The van der Waals surface area contributed by atoms with Crippen LogP contribution in [0.3, 0.4) is 0 Å². The smallest absolute Gasteiger partial charge is 0.243 e. The third-order valence-corrected chi connectivity index (χ3v) is 6.07. The van der Waals surface area contributed by atoms with Crippen LogP contribution in [-0.2, 0) is 17.6 Å². The van der Waals surface area contributed by atoms with Crippen molar-refractivity contribution in [2.45, 2.75) is 57.7 Å². The molecule has 0 aromatic heterocycles. The first-order valence-electron chi connectivity index (χ1n) is 10.3. The molecule has 4 nitrogen and oxygen atoms in total. The number of carbonyl (C=O) groups excluding carboxylic acids is 1. The lowest BCUT2D eigenvalue weighted by atomic mass is 9.86. The van der Waals surface area contributed by atoms with Crippen LogP contribution >= 0.6 is 0 Å². The van der Waals surface area contributed by atoms with Crippen molar-refractivity contribution in [1.82, 2.24) is 5.32 Å². The van der Waals surface area contributed by atoms with Crippen molar-refractivity contribution in [2.75, 3.05) is 5.32 Å². The molecule has 4 atom stereocenters. The van der Waals surface area contributed by atoms with Gasteiger partial charge in [0.15, 0.2) is 0 Å². The van der Waals surface area contributed by atoms with Gasteiger partial charge in [0.05, 0.1) is 12.1 Å². The van der Waals surface area contributed by atoms with Gasteiger partial charge in [0.25, 0.3) is 0 Å². The molecule has 4 heteroatoms. The fourth-order valence-corrected chi connectivity index (χ4v) is 4.47. The van der Waals surface area contributed by atoms with Gasteiger partial charge in [-0.2, -0.15) is 0 Å². The Morgan fingerprint density at radius 2 is 2.04 bits per heavy atom. The highest BCUT2D eigenvalue weighted by Gasteiger charge is 2.33. The van der Waals surface area contributed by atoms with Gasteiger partial charge in [0, 0.05) is 12.1 Å². The molecule has 0 fully saturated rings. The van der Waals surface area contributed by atoms with Crippen LogP contribution in [0, 0.1) is 12.8 Å². The van der Waals surface area contributed by atoms with Crippen LogP contribution in [0.15, 0.2) is 53.5 Å². The van der Waals surface area contributed by atoms with E-state index in [1.54, 1.807) is 0 Å². The molecule has 2 aliphatic rings. The number of carbonyl (C=O) groups is 1. The number of para-hydroxylation sites is 1. The van der Waals surface area contributed by atoms with E-state index in [0.29, 0.717) is 5.92 Å². The predicted octanol–water partition coefficient (Wildman–Crippen LogP) is 3.93. The number of aryl methyl sites for hydroxylation is 1. The summed E-state index contributed by atoms with van der Waals surface area (Å²) in [6.07, 6.45) is 5.73. The number of hydrogen-bond donors (Lipinski definition) is 2. The Balaban J connectivity index is 1.50. The molecular formula is C24H29N3O. The molecule has 2 aliphatic heterocycles. The number of nitrogens with zero attached hydrogens (tertiary/aromatic N) is 1. The lowest BCUT2D eigenvalue weighted by Crippen LogP contribution is -2.51. The van der Waals surface area contributed by atoms with E-state index >= 15 is 0 Å². The topological polar surface area (TPSA) is 53.5 Å². The maximum Gasteiger partial charge on any atom is 0.243 e. The zero-order valence-corrected chi connectivity index (χ0v) is 16.7. The third kappa shape index (κ3) is 3.96. The monoisotopic (exact) mass is 375 g/mol. The van der Waals surface area contributed by atoms with Crippen LogP contribution in [-0.4, -0.2) is 30.2 Å². The largest absolute Gasteiger partial charge is 0.373 e. The van der Waals surface area contributed by atoms with E-state index in [0.717, 1.165) is 31.4 Å². The summed E-state index contributed by atoms with van der Waals surface area (Å²) in [5.41, 5.74) is 4.77. The molecule has 0 radical (unpaired) electrons. The summed E-state index contributed by atoms with van der Waals surface area (Å²) < 4.78 is 0. The molecule has 2 heterocycles. The van der Waals surface area contributed by atoms with Gasteiger partial charge >= 0.3 is 0 Å². The molecule has 0 saturated heterocycles. The molecule has 146 valence electrons. The highest BCUT2D eigenvalue weighted by Crippen LogP contribution is 2.29. The fourth-order valence-electron chi connectivity index (χ4n) is 4.47. The summed E-state index contributed by atoms with van der Waals surface area (Å²) in [5.74, 6) is 0.541. The summed E-state index contributed by atoms with van der Waals surface area (Å²) in [6, 6.07) is 16.6. The molecule has 4 rings (SSSR count). The van der Waals surface area contributed by atoms with Crippen molar-refractivity contribution in [3.63, 3.8) is 0 Å². The summed E-state index contributed by atoms with van der Waals surface area (Å²) in [6.45, 7) is 4.33. The van der Waals surface area contributed by atoms with E-state index in [1.165, 1.54) is 16.7 Å². The highest BCUT2D eigenvalue weighted by molar-refractivity contribution is 5.88.